The molecule has 158 valence electrons. The number of ether oxygens (including phenoxy) is 1. The van der Waals surface area contributed by atoms with Crippen molar-refractivity contribution >= 4 is 22.3 Å². The fourth-order valence-electron chi connectivity index (χ4n) is 3.91. The molecule has 1 aliphatic rings. The lowest BCUT2D eigenvalue weighted by Gasteiger charge is -2.07. The molecule has 3 heterocycles. The number of nitrogens with zero attached hydrogens (tertiary/aromatic N) is 4. The van der Waals surface area contributed by atoms with Crippen molar-refractivity contribution < 1.29 is 13.9 Å². The van der Waals surface area contributed by atoms with Gasteiger partial charge in [0.25, 0.3) is 5.56 Å². The van der Waals surface area contributed by atoms with Crippen molar-refractivity contribution in [2.45, 2.75) is 38.7 Å². The van der Waals surface area contributed by atoms with Gasteiger partial charge in [-0.3, -0.25) is 9.20 Å². The number of halogens is 1. The van der Waals surface area contributed by atoms with Crippen molar-refractivity contribution in [3.63, 3.8) is 0 Å². The first-order valence-electron chi connectivity index (χ1n) is 10.1. The number of carbonyl (C=O) groups excluding carboxylic acids is 1. The van der Waals surface area contributed by atoms with Crippen molar-refractivity contribution in [3.8, 4) is 5.69 Å². The molecular weight excluding hydrogens is 419 g/mol. The van der Waals surface area contributed by atoms with E-state index in [2.05, 4.69) is 10.1 Å². The molecule has 7 nitrogen and oxygen atoms in total. The third-order valence-electron chi connectivity index (χ3n) is 5.40. The SMILES string of the molecule is O=C(OCc1cc(=O)n2ccsc2n1)c1nn(-c2ccc(F)cc2)c2c1CCCCC2. The highest BCUT2D eigenvalue weighted by Crippen LogP contribution is 2.27. The predicted molar refractivity (Wildman–Crippen MR) is 113 cm³/mol. The Kier molecular flexibility index (Phi) is 5.11. The minimum Gasteiger partial charge on any atom is -0.454 e. The summed E-state index contributed by atoms with van der Waals surface area (Å²) in [6.07, 6.45) is 6.23. The van der Waals surface area contributed by atoms with Gasteiger partial charge < -0.3 is 4.74 Å². The van der Waals surface area contributed by atoms with Crippen LogP contribution in [0.5, 0.6) is 0 Å². The van der Waals surface area contributed by atoms with Gasteiger partial charge in [-0.25, -0.2) is 18.9 Å². The number of carbonyl (C=O) groups is 1. The molecule has 0 amide bonds. The quantitative estimate of drug-likeness (QED) is 0.359. The Balaban J connectivity index is 1.45. The normalized spacial score (nSPS) is 13.7. The third-order valence-corrected chi connectivity index (χ3v) is 6.16. The largest absolute Gasteiger partial charge is 0.454 e. The fraction of sp³-hybridized carbons (Fsp3) is 0.273. The molecule has 3 aromatic heterocycles. The summed E-state index contributed by atoms with van der Waals surface area (Å²) < 4.78 is 22.0. The molecule has 0 unspecified atom stereocenters. The number of hydrogen-bond donors (Lipinski definition) is 0. The van der Waals surface area contributed by atoms with Crippen LogP contribution in [0.4, 0.5) is 4.39 Å². The minimum atomic E-state index is -0.549. The van der Waals surface area contributed by atoms with E-state index in [-0.39, 0.29) is 23.7 Å². The van der Waals surface area contributed by atoms with E-state index in [9.17, 15) is 14.0 Å². The maximum Gasteiger partial charge on any atom is 0.359 e. The molecule has 9 heteroatoms. The molecule has 4 aromatic rings. The number of hydrogen-bond acceptors (Lipinski definition) is 6. The van der Waals surface area contributed by atoms with Crippen LogP contribution in [0.1, 0.15) is 46.7 Å². The second kappa shape index (κ2) is 8.07. The molecule has 0 atom stereocenters. The van der Waals surface area contributed by atoms with Crippen molar-refractivity contribution in [1.29, 1.82) is 0 Å². The van der Waals surface area contributed by atoms with Crippen LogP contribution in [0.2, 0.25) is 0 Å². The first kappa shape index (κ1) is 19.6. The molecule has 0 saturated carbocycles. The molecule has 0 aliphatic heterocycles. The van der Waals surface area contributed by atoms with Crippen molar-refractivity contribution in [1.82, 2.24) is 19.2 Å². The second-order valence-corrected chi connectivity index (χ2v) is 8.31. The fourth-order valence-corrected chi connectivity index (χ4v) is 4.64. The van der Waals surface area contributed by atoms with Gasteiger partial charge in [-0.1, -0.05) is 6.42 Å². The number of aromatic nitrogens is 4. The van der Waals surface area contributed by atoms with Crippen LogP contribution in [0, 0.1) is 5.82 Å². The summed E-state index contributed by atoms with van der Waals surface area (Å²) in [6.45, 7) is -0.110. The maximum atomic E-state index is 13.4. The Hall–Kier alpha value is -3.33. The van der Waals surface area contributed by atoms with Gasteiger partial charge in [0.05, 0.1) is 11.4 Å². The van der Waals surface area contributed by atoms with Gasteiger partial charge in [-0.05, 0) is 49.9 Å². The molecule has 0 N–H and O–H groups in total. The highest BCUT2D eigenvalue weighted by molar-refractivity contribution is 7.15. The van der Waals surface area contributed by atoms with Crippen molar-refractivity contribution in [3.05, 3.63) is 80.7 Å². The summed E-state index contributed by atoms with van der Waals surface area (Å²) in [5.74, 6) is -0.875. The molecule has 0 fully saturated rings. The Morgan fingerprint density at radius 2 is 1.97 bits per heavy atom. The van der Waals surface area contributed by atoms with Crippen LogP contribution < -0.4 is 5.56 Å². The van der Waals surface area contributed by atoms with Crippen LogP contribution in [-0.4, -0.2) is 25.1 Å². The van der Waals surface area contributed by atoms with Crippen LogP contribution in [0.25, 0.3) is 10.6 Å². The lowest BCUT2D eigenvalue weighted by Crippen LogP contribution is -2.15. The topological polar surface area (TPSA) is 78.5 Å². The Morgan fingerprint density at radius 1 is 1.16 bits per heavy atom. The summed E-state index contributed by atoms with van der Waals surface area (Å²) >= 11 is 1.34. The molecule has 0 spiro atoms. The van der Waals surface area contributed by atoms with E-state index in [0.717, 1.165) is 43.4 Å². The van der Waals surface area contributed by atoms with E-state index in [0.29, 0.717) is 16.3 Å². The molecule has 5 rings (SSSR count). The van der Waals surface area contributed by atoms with Crippen LogP contribution >= 0.6 is 11.3 Å². The van der Waals surface area contributed by atoms with Gasteiger partial charge in [-0.15, -0.1) is 11.3 Å². The van der Waals surface area contributed by atoms with Gasteiger partial charge in [0.1, 0.15) is 12.4 Å². The summed E-state index contributed by atoms with van der Waals surface area (Å²) in [5, 5.41) is 6.31. The lowest BCUT2D eigenvalue weighted by molar-refractivity contribution is 0.0459. The smallest absolute Gasteiger partial charge is 0.359 e. The first-order valence-corrected chi connectivity index (χ1v) is 11.0. The summed E-state index contributed by atoms with van der Waals surface area (Å²) in [5.41, 5.74) is 3.00. The Bertz CT molecular complexity index is 1320. The second-order valence-electron chi connectivity index (χ2n) is 7.44. The van der Waals surface area contributed by atoms with Crippen LogP contribution in [0.15, 0.2) is 46.7 Å². The zero-order chi connectivity index (χ0) is 21.4. The monoisotopic (exact) mass is 438 g/mol. The van der Waals surface area contributed by atoms with E-state index in [1.165, 1.54) is 33.9 Å². The summed E-state index contributed by atoms with van der Waals surface area (Å²) in [4.78, 5) is 30.0. The van der Waals surface area contributed by atoms with E-state index in [1.54, 1.807) is 28.4 Å². The molecule has 1 aromatic carbocycles. The van der Waals surface area contributed by atoms with Gasteiger partial charge in [0, 0.05) is 28.9 Å². The number of rotatable bonds is 4. The zero-order valence-corrected chi connectivity index (χ0v) is 17.4. The number of benzene rings is 1. The molecule has 31 heavy (non-hydrogen) atoms. The number of esters is 1. The van der Waals surface area contributed by atoms with E-state index >= 15 is 0 Å². The average Bonchev–Trinajstić information content (AvgIpc) is 3.31. The van der Waals surface area contributed by atoms with Gasteiger partial charge in [-0.2, -0.15) is 5.10 Å². The lowest BCUT2D eigenvalue weighted by atomic mass is 10.1. The van der Waals surface area contributed by atoms with Crippen molar-refractivity contribution in [2.24, 2.45) is 0 Å². The van der Waals surface area contributed by atoms with Crippen molar-refractivity contribution in [2.75, 3.05) is 0 Å². The zero-order valence-electron chi connectivity index (χ0n) is 16.6. The molecule has 1 aliphatic carbocycles. The van der Waals surface area contributed by atoms with Crippen LogP contribution in [0.3, 0.4) is 0 Å². The molecular formula is C22H19FN4O3S. The summed E-state index contributed by atoms with van der Waals surface area (Å²) in [7, 11) is 0. The highest BCUT2D eigenvalue weighted by Gasteiger charge is 2.26. The Labute approximate surface area is 180 Å². The minimum absolute atomic E-state index is 0.110. The number of thiazole rings is 1. The van der Waals surface area contributed by atoms with E-state index < -0.39 is 5.97 Å². The molecule has 0 saturated heterocycles. The van der Waals surface area contributed by atoms with Gasteiger partial charge >= 0.3 is 5.97 Å². The van der Waals surface area contributed by atoms with E-state index in [4.69, 9.17) is 4.74 Å². The van der Waals surface area contributed by atoms with E-state index in [1.807, 2.05) is 0 Å². The average molecular weight is 438 g/mol. The molecule has 0 radical (unpaired) electrons. The standard InChI is InChI=1S/C22H19FN4O3S/c23-14-6-8-16(9-7-14)27-18-5-3-1-2-4-17(18)20(25-27)21(29)30-13-15-12-19(28)26-10-11-31-22(26)24-15/h6-12H,1-5,13H2. The number of fused-ring (bicyclic) bond motifs is 2. The third kappa shape index (κ3) is 3.76. The first-order chi connectivity index (χ1) is 15.1. The highest BCUT2D eigenvalue weighted by atomic mass is 32.1. The Morgan fingerprint density at radius 3 is 2.81 bits per heavy atom. The summed E-state index contributed by atoms with van der Waals surface area (Å²) in [6, 6.07) is 7.42. The van der Waals surface area contributed by atoms with Gasteiger partial charge in [0.2, 0.25) is 0 Å². The molecule has 0 bridgehead atoms. The van der Waals surface area contributed by atoms with Gasteiger partial charge in [0.15, 0.2) is 10.7 Å². The predicted octanol–water partition coefficient (Wildman–Crippen LogP) is 3.71. The maximum absolute atomic E-state index is 13.4. The van der Waals surface area contributed by atoms with Crippen LogP contribution in [-0.2, 0) is 24.2 Å².